The van der Waals surface area contributed by atoms with E-state index in [1.165, 1.54) is 0 Å². The lowest BCUT2D eigenvalue weighted by molar-refractivity contribution is 1.24. The van der Waals surface area contributed by atoms with Crippen LogP contribution in [0.3, 0.4) is 0 Å². The van der Waals surface area contributed by atoms with Crippen molar-refractivity contribution in [3.05, 3.63) is 0 Å². The van der Waals surface area contributed by atoms with Gasteiger partial charge in [-0.2, -0.15) is 0 Å². The lowest BCUT2D eigenvalue weighted by Crippen LogP contribution is -2.07. The lowest BCUT2D eigenvalue weighted by atomic mass is 10.5. The van der Waals surface area contributed by atoms with Crippen molar-refractivity contribution in [1.29, 1.82) is 0 Å². The van der Waals surface area contributed by atoms with Crippen molar-refractivity contribution in [2.75, 3.05) is 22.9 Å². The van der Waals surface area contributed by atoms with Crippen LogP contribution in [-0.2, 0) is 0 Å². The maximum Gasteiger partial charge on any atom is 0.168 e. The predicted molar refractivity (Wildman–Crippen MR) is 39.7 cm³/mol. The molecule has 0 unspecified atom stereocenters. The SMILES string of the molecule is Nc1nc(N)c(N)nc1N. The number of anilines is 4. The van der Waals surface area contributed by atoms with E-state index in [2.05, 4.69) is 9.97 Å². The van der Waals surface area contributed by atoms with Crippen LogP contribution in [0.4, 0.5) is 23.3 Å². The van der Waals surface area contributed by atoms with E-state index in [1.807, 2.05) is 0 Å². The van der Waals surface area contributed by atoms with Gasteiger partial charge >= 0.3 is 0 Å². The van der Waals surface area contributed by atoms with Gasteiger partial charge in [-0.1, -0.05) is 0 Å². The number of hydrogen-bond donors (Lipinski definition) is 4. The third-order valence-corrected chi connectivity index (χ3v) is 1.01. The van der Waals surface area contributed by atoms with Crippen molar-refractivity contribution in [2.45, 2.75) is 0 Å². The van der Waals surface area contributed by atoms with Gasteiger partial charge in [0.2, 0.25) is 0 Å². The molecule has 1 aromatic heterocycles. The van der Waals surface area contributed by atoms with Gasteiger partial charge in [0.1, 0.15) is 0 Å². The molecule has 6 heteroatoms. The molecule has 10 heavy (non-hydrogen) atoms. The fraction of sp³-hybridized carbons (Fsp3) is 0. The molecule has 0 radical (unpaired) electrons. The van der Waals surface area contributed by atoms with Gasteiger partial charge in [-0.15, -0.1) is 0 Å². The summed E-state index contributed by atoms with van der Waals surface area (Å²) >= 11 is 0. The minimum absolute atomic E-state index is 0.103. The Morgan fingerprint density at radius 2 is 0.800 bits per heavy atom. The van der Waals surface area contributed by atoms with Crippen molar-refractivity contribution in [1.82, 2.24) is 9.97 Å². The first-order valence-corrected chi connectivity index (χ1v) is 2.55. The highest BCUT2D eigenvalue weighted by atomic mass is 15.1. The summed E-state index contributed by atoms with van der Waals surface area (Å²) in [4.78, 5) is 7.23. The highest BCUT2D eigenvalue weighted by Gasteiger charge is 2.01. The Kier molecular flexibility index (Phi) is 1.22. The normalized spacial score (nSPS) is 9.60. The smallest absolute Gasteiger partial charge is 0.168 e. The maximum atomic E-state index is 5.26. The highest BCUT2D eigenvalue weighted by molar-refractivity contribution is 5.63. The van der Waals surface area contributed by atoms with Gasteiger partial charge in [0.05, 0.1) is 0 Å². The summed E-state index contributed by atoms with van der Waals surface area (Å²) in [7, 11) is 0. The van der Waals surface area contributed by atoms with Crippen LogP contribution in [0.1, 0.15) is 0 Å². The first-order valence-electron chi connectivity index (χ1n) is 2.55. The first-order chi connectivity index (χ1) is 4.61. The zero-order valence-corrected chi connectivity index (χ0v) is 5.20. The standard InChI is InChI=1S/C4H8N6/c5-1-2(6)10-4(8)3(7)9-1/h(H4,5,7,9)(H4,6,8,10). The highest BCUT2D eigenvalue weighted by Crippen LogP contribution is 2.14. The van der Waals surface area contributed by atoms with E-state index in [4.69, 9.17) is 22.9 Å². The van der Waals surface area contributed by atoms with Crippen molar-refractivity contribution >= 4 is 23.3 Å². The minimum Gasteiger partial charge on any atom is -0.381 e. The van der Waals surface area contributed by atoms with E-state index in [-0.39, 0.29) is 23.3 Å². The molecular formula is C4H8N6. The molecule has 54 valence electrons. The number of rotatable bonds is 0. The summed E-state index contributed by atoms with van der Waals surface area (Å²) < 4.78 is 0. The third kappa shape index (κ3) is 0.859. The van der Waals surface area contributed by atoms with Gasteiger partial charge in [-0.25, -0.2) is 9.97 Å². The van der Waals surface area contributed by atoms with Crippen molar-refractivity contribution < 1.29 is 0 Å². The van der Waals surface area contributed by atoms with Gasteiger partial charge in [-0.3, -0.25) is 0 Å². The molecule has 8 N–H and O–H groups in total. The van der Waals surface area contributed by atoms with Crippen LogP contribution in [-0.4, -0.2) is 9.97 Å². The van der Waals surface area contributed by atoms with Crippen LogP contribution >= 0.6 is 0 Å². The van der Waals surface area contributed by atoms with E-state index in [9.17, 15) is 0 Å². The topological polar surface area (TPSA) is 130 Å². The summed E-state index contributed by atoms with van der Waals surface area (Å²) in [6.07, 6.45) is 0. The average Bonchev–Trinajstić information content (AvgIpc) is 1.84. The number of nitrogens with two attached hydrogens (primary N) is 4. The van der Waals surface area contributed by atoms with Crippen LogP contribution in [0, 0.1) is 0 Å². The fourth-order valence-electron chi connectivity index (χ4n) is 0.489. The Labute approximate surface area is 57.2 Å². The Bertz CT molecular complexity index is 206. The molecule has 0 atom stereocenters. The molecule has 1 heterocycles. The zero-order valence-electron chi connectivity index (χ0n) is 5.20. The summed E-state index contributed by atoms with van der Waals surface area (Å²) in [6, 6.07) is 0. The van der Waals surface area contributed by atoms with Gasteiger partial charge in [0.25, 0.3) is 0 Å². The van der Waals surface area contributed by atoms with Crippen LogP contribution < -0.4 is 22.9 Å². The molecule has 0 saturated carbocycles. The number of nitrogens with zero attached hydrogens (tertiary/aromatic N) is 2. The Morgan fingerprint density at radius 3 is 1.00 bits per heavy atom. The second kappa shape index (κ2) is 1.90. The average molecular weight is 140 g/mol. The Hall–Kier alpha value is -1.72. The van der Waals surface area contributed by atoms with Crippen molar-refractivity contribution in [3.63, 3.8) is 0 Å². The zero-order chi connectivity index (χ0) is 7.72. The molecule has 0 aliphatic rings. The lowest BCUT2D eigenvalue weighted by Gasteiger charge is -2.00. The molecule has 0 spiro atoms. The van der Waals surface area contributed by atoms with E-state index in [1.54, 1.807) is 0 Å². The Morgan fingerprint density at radius 1 is 0.600 bits per heavy atom. The molecule has 0 aliphatic heterocycles. The number of aromatic nitrogens is 2. The maximum absolute atomic E-state index is 5.26. The molecule has 0 aliphatic carbocycles. The van der Waals surface area contributed by atoms with Crippen molar-refractivity contribution in [2.24, 2.45) is 0 Å². The third-order valence-electron chi connectivity index (χ3n) is 1.01. The molecule has 1 rings (SSSR count). The fourth-order valence-corrected chi connectivity index (χ4v) is 0.489. The van der Waals surface area contributed by atoms with E-state index < -0.39 is 0 Å². The second-order valence-corrected chi connectivity index (χ2v) is 1.76. The molecule has 0 fully saturated rings. The van der Waals surface area contributed by atoms with E-state index >= 15 is 0 Å². The number of nitrogen functional groups attached to an aromatic ring is 4. The quantitative estimate of drug-likeness (QED) is 0.358. The van der Waals surface area contributed by atoms with Gasteiger partial charge in [-0.05, 0) is 0 Å². The monoisotopic (exact) mass is 140 g/mol. The summed E-state index contributed by atoms with van der Waals surface area (Å²) in [5, 5.41) is 0. The summed E-state index contributed by atoms with van der Waals surface area (Å²) in [5.41, 5.74) is 21.0. The molecule has 1 aromatic rings. The largest absolute Gasteiger partial charge is 0.381 e. The van der Waals surface area contributed by atoms with E-state index in [0.29, 0.717) is 0 Å². The van der Waals surface area contributed by atoms with E-state index in [0.717, 1.165) is 0 Å². The summed E-state index contributed by atoms with van der Waals surface area (Å²) in [6.45, 7) is 0. The van der Waals surface area contributed by atoms with Crippen molar-refractivity contribution in [3.8, 4) is 0 Å². The van der Waals surface area contributed by atoms with Crippen LogP contribution in [0.25, 0.3) is 0 Å². The van der Waals surface area contributed by atoms with Crippen LogP contribution in [0.15, 0.2) is 0 Å². The first kappa shape index (κ1) is 6.40. The van der Waals surface area contributed by atoms with Crippen LogP contribution in [0.2, 0.25) is 0 Å². The molecule has 0 bridgehead atoms. The van der Waals surface area contributed by atoms with Gasteiger partial charge in [0.15, 0.2) is 23.3 Å². The Balaban J connectivity index is 3.28. The minimum atomic E-state index is 0.103. The molecule has 0 aromatic carbocycles. The second-order valence-electron chi connectivity index (χ2n) is 1.76. The molecule has 6 nitrogen and oxygen atoms in total. The van der Waals surface area contributed by atoms with Gasteiger partial charge in [0, 0.05) is 0 Å². The summed E-state index contributed by atoms with van der Waals surface area (Å²) in [5.74, 6) is 0.414. The molecule has 0 amide bonds. The molecule has 0 saturated heterocycles. The predicted octanol–water partition coefficient (Wildman–Crippen LogP) is -1.19. The molecular weight excluding hydrogens is 132 g/mol. The van der Waals surface area contributed by atoms with Gasteiger partial charge < -0.3 is 22.9 Å². The number of hydrogen-bond acceptors (Lipinski definition) is 6. The van der Waals surface area contributed by atoms with Crippen LogP contribution in [0.5, 0.6) is 0 Å².